The Labute approximate surface area is 153 Å². The number of nitrogens with one attached hydrogen (secondary N) is 1. The molecule has 2 aromatic carbocycles. The fourth-order valence-electron chi connectivity index (χ4n) is 2.14. The fourth-order valence-corrected chi connectivity index (χ4v) is 2.37. The van der Waals surface area contributed by atoms with E-state index >= 15 is 0 Å². The number of carbonyl (C=O) groups is 1. The summed E-state index contributed by atoms with van der Waals surface area (Å²) in [5.41, 5.74) is 7.61. The average molecular weight is 369 g/mol. The smallest absolute Gasteiger partial charge is 0.226 e. The molecule has 130 valence electrons. The highest BCUT2D eigenvalue weighted by atomic mass is 35.5. The van der Waals surface area contributed by atoms with Gasteiger partial charge in [-0.3, -0.25) is 4.79 Å². The zero-order chi connectivity index (χ0) is 16.7. The van der Waals surface area contributed by atoms with Crippen molar-refractivity contribution in [2.24, 2.45) is 5.73 Å². The van der Waals surface area contributed by atoms with Crippen molar-refractivity contribution < 1.29 is 9.53 Å². The maximum absolute atomic E-state index is 12.1. The van der Waals surface area contributed by atoms with Crippen LogP contribution in [-0.2, 0) is 4.79 Å². The number of nitrogens with two attached hydrogens (primary N) is 1. The molecule has 0 aromatic heterocycles. The van der Waals surface area contributed by atoms with Gasteiger partial charge in [-0.05, 0) is 30.2 Å². The van der Waals surface area contributed by atoms with Gasteiger partial charge in [0.2, 0.25) is 5.91 Å². The Morgan fingerprint density at radius 1 is 1.25 bits per heavy atom. The van der Waals surface area contributed by atoms with Crippen LogP contribution in [0.2, 0.25) is 5.02 Å². The van der Waals surface area contributed by atoms with Gasteiger partial charge in [-0.2, -0.15) is 0 Å². The largest absolute Gasteiger partial charge is 0.492 e. The number of benzene rings is 2. The van der Waals surface area contributed by atoms with Crippen LogP contribution >= 0.6 is 24.0 Å². The molecule has 24 heavy (non-hydrogen) atoms. The summed E-state index contributed by atoms with van der Waals surface area (Å²) >= 11 is 6.15. The van der Waals surface area contributed by atoms with E-state index in [-0.39, 0.29) is 30.8 Å². The lowest BCUT2D eigenvalue weighted by molar-refractivity contribution is -0.116. The van der Waals surface area contributed by atoms with Gasteiger partial charge < -0.3 is 15.8 Å². The Morgan fingerprint density at radius 2 is 1.96 bits per heavy atom. The second-order valence-corrected chi connectivity index (χ2v) is 5.67. The molecule has 1 unspecified atom stereocenters. The standard InChI is InChI=1S/C18H21ClN2O2.ClH/c1-2-10-23-17-9-8-14(11-15(17)19)21-18(22)12-16(20)13-6-4-3-5-7-13;/h3-9,11,16H,2,10,12,20H2,1H3,(H,21,22);1H. The monoisotopic (exact) mass is 368 g/mol. The SMILES string of the molecule is CCCOc1ccc(NC(=O)CC(N)c2ccccc2)cc1Cl.Cl. The Kier molecular flexibility index (Phi) is 8.61. The predicted molar refractivity (Wildman–Crippen MR) is 101 cm³/mol. The Bertz CT molecular complexity index is 651. The van der Waals surface area contributed by atoms with Gasteiger partial charge in [-0.15, -0.1) is 12.4 Å². The minimum Gasteiger partial charge on any atom is -0.492 e. The van der Waals surface area contributed by atoms with E-state index in [1.165, 1.54) is 0 Å². The molecule has 4 nitrogen and oxygen atoms in total. The molecule has 1 atom stereocenters. The minimum absolute atomic E-state index is 0. The first-order chi connectivity index (χ1) is 11.1. The molecule has 2 rings (SSSR count). The summed E-state index contributed by atoms with van der Waals surface area (Å²) < 4.78 is 5.50. The molecule has 2 aromatic rings. The lowest BCUT2D eigenvalue weighted by Crippen LogP contribution is -2.20. The zero-order valence-electron chi connectivity index (χ0n) is 13.5. The van der Waals surface area contributed by atoms with E-state index in [1.807, 2.05) is 37.3 Å². The van der Waals surface area contributed by atoms with Crippen molar-refractivity contribution in [2.45, 2.75) is 25.8 Å². The Morgan fingerprint density at radius 3 is 2.58 bits per heavy atom. The first-order valence-corrected chi connectivity index (χ1v) is 8.00. The third-order valence-corrected chi connectivity index (χ3v) is 3.61. The fraction of sp³-hybridized carbons (Fsp3) is 0.278. The molecule has 0 radical (unpaired) electrons. The van der Waals surface area contributed by atoms with Crippen molar-refractivity contribution in [2.75, 3.05) is 11.9 Å². The minimum atomic E-state index is -0.334. The molecule has 0 bridgehead atoms. The Balaban J connectivity index is 0.00000288. The molecule has 1 amide bonds. The second kappa shape index (κ2) is 10.2. The third kappa shape index (κ3) is 6.04. The number of hydrogen-bond donors (Lipinski definition) is 2. The van der Waals surface area contributed by atoms with Crippen LogP contribution in [0.1, 0.15) is 31.4 Å². The lowest BCUT2D eigenvalue weighted by Gasteiger charge is -2.13. The normalized spacial score (nSPS) is 11.3. The molecular weight excluding hydrogens is 347 g/mol. The van der Waals surface area contributed by atoms with Crippen LogP contribution in [0.5, 0.6) is 5.75 Å². The van der Waals surface area contributed by atoms with Gasteiger partial charge in [0.25, 0.3) is 0 Å². The van der Waals surface area contributed by atoms with Gasteiger partial charge >= 0.3 is 0 Å². The summed E-state index contributed by atoms with van der Waals surface area (Å²) in [6.45, 7) is 2.63. The number of halogens is 2. The van der Waals surface area contributed by atoms with Gasteiger partial charge in [-0.25, -0.2) is 0 Å². The molecule has 0 fully saturated rings. The number of ether oxygens (including phenoxy) is 1. The van der Waals surface area contributed by atoms with Gasteiger partial charge in [-0.1, -0.05) is 48.9 Å². The van der Waals surface area contributed by atoms with E-state index in [9.17, 15) is 4.79 Å². The van der Waals surface area contributed by atoms with E-state index in [4.69, 9.17) is 22.1 Å². The van der Waals surface area contributed by atoms with Crippen LogP contribution in [0.4, 0.5) is 5.69 Å². The van der Waals surface area contributed by atoms with Crippen molar-refractivity contribution in [1.29, 1.82) is 0 Å². The van der Waals surface area contributed by atoms with Crippen LogP contribution in [0, 0.1) is 0 Å². The molecule has 0 aliphatic heterocycles. The van der Waals surface area contributed by atoms with Gasteiger partial charge in [0, 0.05) is 18.2 Å². The predicted octanol–water partition coefficient (Wildman–Crippen LogP) is 4.58. The summed E-state index contributed by atoms with van der Waals surface area (Å²) in [5, 5.41) is 3.28. The highest BCUT2D eigenvalue weighted by molar-refractivity contribution is 6.32. The highest BCUT2D eigenvalue weighted by Crippen LogP contribution is 2.28. The van der Waals surface area contributed by atoms with E-state index < -0.39 is 0 Å². The first kappa shape index (κ1) is 20.3. The van der Waals surface area contributed by atoms with Crippen LogP contribution < -0.4 is 15.8 Å². The summed E-state index contributed by atoms with van der Waals surface area (Å²) in [4.78, 5) is 12.1. The molecule has 0 aliphatic rings. The lowest BCUT2D eigenvalue weighted by atomic mass is 10.0. The summed E-state index contributed by atoms with van der Waals surface area (Å²) in [7, 11) is 0. The third-order valence-electron chi connectivity index (χ3n) is 3.31. The average Bonchev–Trinajstić information content (AvgIpc) is 2.55. The zero-order valence-corrected chi connectivity index (χ0v) is 15.1. The van der Waals surface area contributed by atoms with Crippen molar-refractivity contribution >= 4 is 35.6 Å². The molecule has 0 spiro atoms. The number of amides is 1. The van der Waals surface area contributed by atoms with Crippen LogP contribution in [0.15, 0.2) is 48.5 Å². The van der Waals surface area contributed by atoms with Gasteiger partial charge in [0.1, 0.15) is 5.75 Å². The van der Waals surface area contributed by atoms with Gasteiger partial charge in [0.05, 0.1) is 11.6 Å². The van der Waals surface area contributed by atoms with Crippen molar-refractivity contribution in [1.82, 2.24) is 0 Å². The van der Waals surface area contributed by atoms with E-state index in [0.29, 0.717) is 23.1 Å². The second-order valence-electron chi connectivity index (χ2n) is 5.26. The van der Waals surface area contributed by atoms with Crippen LogP contribution in [0.3, 0.4) is 0 Å². The number of rotatable bonds is 7. The quantitative estimate of drug-likeness (QED) is 0.751. The topological polar surface area (TPSA) is 64.3 Å². The van der Waals surface area contributed by atoms with E-state index in [0.717, 1.165) is 12.0 Å². The number of carbonyl (C=O) groups excluding carboxylic acids is 1. The van der Waals surface area contributed by atoms with Crippen molar-refractivity contribution in [3.63, 3.8) is 0 Å². The maximum atomic E-state index is 12.1. The molecular formula is C18H22Cl2N2O2. The van der Waals surface area contributed by atoms with E-state index in [2.05, 4.69) is 5.32 Å². The van der Waals surface area contributed by atoms with Crippen LogP contribution in [0.25, 0.3) is 0 Å². The first-order valence-electron chi connectivity index (χ1n) is 7.63. The number of hydrogen-bond acceptors (Lipinski definition) is 3. The molecule has 0 saturated carbocycles. The Hall–Kier alpha value is -1.75. The maximum Gasteiger partial charge on any atom is 0.226 e. The molecule has 3 N–H and O–H groups in total. The highest BCUT2D eigenvalue weighted by Gasteiger charge is 2.12. The molecule has 0 aliphatic carbocycles. The number of anilines is 1. The summed E-state index contributed by atoms with van der Waals surface area (Å²) in [6, 6.07) is 14.4. The summed E-state index contributed by atoms with van der Waals surface area (Å²) in [6.07, 6.45) is 1.11. The van der Waals surface area contributed by atoms with Crippen molar-refractivity contribution in [3.8, 4) is 5.75 Å². The molecule has 6 heteroatoms. The van der Waals surface area contributed by atoms with E-state index in [1.54, 1.807) is 18.2 Å². The van der Waals surface area contributed by atoms with Crippen LogP contribution in [-0.4, -0.2) is 12.5 Å². The molecule has 0 heterocycles. The molecule has 0 saturated heterocycles. The van der Waals surface area contributed by atoms with Gasteiger partial charge in [0.15, 0.2) is 0 Å². The van der Waals surface area contributed by atoms with Crippen molar-refractivity contribution in [3.05, 3.63) is 59.1 Å². The summed E-state index contributed by atoms with van der Waals surface area (Å²) in [5.74, 6) is 0.465.